The van der Waals surface area contributed by atoms with Crippen molar-refractivity contribution in [3.8, 4) is 5.69 Å². The number of aromatic nitrogens is 5. The van der Waals surface area contributed by atoms with Crippen molar-refractivity contribution in [2.75, 3.05) is 0 Å². The molecule has 0 aliphatic carbocycles. The molecule has 1 amide bonds. The van der Waals surface area contributed by atoms with Crippen molar-refractivity contribution in [2.24, 2.45) is 0 Å². The number of nitrogens with zero attached hydrogens (tertiary/aromatic N) is 5. The molecule has 7 heteroatoms. The zero-order valence-electron chi connectivity index (χ0n) is 11.0. The average Bonchev–Trinajstić information content (AvgIpc) is 3.03. The molecular weight excluding hydrogens is 268 g/mol. The monoisotopic (exact) mass is 280 g/mol. The Morgan fingerprint density at radius 2 is 1.95 bits per heavy atom. The highest BCUT2D eigenvalue weighted by molar-refractivity contribution is 5.93. The van der Waals surface area contributed by atoms with Gasteiger partial charge >= 0.3 is 0 Å². The normalized spacial score (nSPS) is 10.3. The molecule has 0 atom stereocenters. The molecule has 1 N–H and O–H groups in total. The molecule has 0 radical (unpaired) electrons. The summed E-state index contributed by atoms with van der Waals surface area (Å²) in [6.07, 6.45) is 8.26. The van der Waals surface area contributed by atoms with Crippen molar-refractivity contribution in [1.82, 2.24) is 30.3 Å². The number of hydrogen-bond acceptors (Lipinski definition) is 5. The predicted octanol–water partition coefficient (Wildman–Crippen LogP) is 0.987. The number of amides is 1. The molecule has 0 spiro atoms. The van der Waals surface area contributed by atoms with E-state index < -0.39 is 0 Å². The highest BCUT2D eigenvalue weighted by Gasteiger charge is 2.07. The van der Waals surface area contributed by atoms with Crippen LogP contribution in [0.1, 0.15) is 16.1 Å². The van der Waals surface area contributed by atoms with Gasteiger partial charge in [0.15, 0.2) is 0 Å². The Labute approximate surface area is 120 Å². The first-order valence-corrected chi connectivity index (χ1v) is 6.33. The van der Waals surface area contributed by atoms with Gasteiger partial charge in [-0.15, -0.1) is 5.10 Å². The molecule has 0 bridgehead atoms. The fourth-order valence-electron chi connectivity index (χ4n) is 1.76. The molecule has 104 valence electrons. The maximum atomic E-state index is 11.9. The van der Waals surface area contributed by atoms with Crippen molar-refractivity contribution in [2.45, 2.75) is 6.54 Å². The van der Waals surface area contributed by atoms with Crippen LogP contribution in [0.15, 0.2) is 55.2 Å². The second-order valence-electron chi connectivity index (χ2n) is 4.29. The number of rotatable bonds is 4. The molecule has 7 nitrogen and oxygen atoms in total. The third-order valence-electron chi connectivity index (χ3n) is 2.81. The van der Waals surface area contributed by atoms with Crippen molar-refractivity contribution in [3.63, 3.8) is 0 Å². The summed E-state index contributed by atoms with van der Waals surface area (Å²) in [7, 11) is 0. The van der Waals surface area contributed by atoms with Gasteiger partial charge in [-0.3, -0.25) is 14.8 Å². The minimum Gasteiger partial charge on any atom is -0.346 e. The van der Waals surface area contributed by atoms with E-state index in [1.807, 2.05) is 12.1 Å². The molecule has 3 heterocycles. The second kappa shape index (κ2) is 5.91. The summed E-state index contributed by atoms with van der Waals surface area (Å²) < 4.78 is 1.61. The van der Waals surface area contributed by atoms with Crippen LogP contribution in [0.25, 0.3) is 5.69 Å². The highest BCUT2D eigenvalue weighted by Crippen LogP contribution is 2.04. The van der Waals surface area contributed by atoms with Crippen LogP contribution in [0, 0.1) is 0 Å². The summed E-state index contributed by atoms with van der Waals surface area (Å²) >= 11 is 0. The summed E-state index contributed by atoms with van der Waals surface area (Å²) in [6.45, 7) is 0.300. The first-order valence-electron chi connectivity index (χ1n) is 6.33. The van der Waals surface area contributed by atoms with E-state index in [4.69, 9.17) is 0 Å². The minimum absolute atomic E-state index is 0.195. The second-order valence-corrected chi connectivity index (χ2v) is 4.29. The fraction of sp³-hybridized carbons (Fsp3) is 0.0714. The van der Waals surface area contributed by atoms with Gasteiger partial charge < -0.3 is 5.32 Å². The van der Waals surface area contributed by atoms with Gasteiger partial charge in [0.2, 0.25) is 0 Å². The number of pyridine rings is 2. The molecule has 0 saturated heterocycles. The molecule has 0 aliphatic heterocycles. The van der Waals surface area contributed by atoms with E-state index in [9.17, 15) is 4.79 Å². The summed E-state index contributed by atoms with van der Waals surface area (Å²) in [4.78, 5) is 19.8. The number of carbonyl (C=O) groups excluding carboxylic acids is 1. The van der Waals surface area contributed by atoms with Crippen LogP contribution >= 0.6 is 0 Å². The smallest absolute Gasteiger partial charge is 0.253 e. The lowest BCUT2D eigenvalue weighted by atomic mass is 10.2. The third-order valence-corrected chi connectivity index (χ3v) is 2.81. The minimum atomic E-state index is -0.195. The van der Waals surface area contributed by atoms with Crippen LogP contribution in [-0.2, 0) is 6.54 Å². The number of carbonyl (C=O) groups is 1. The van der Waals surface area contributed by atoms with E-state index in [0.717, 1.165) is 5.69 Å². The average molecular weight is 280 g/mol. The SMILES string of the molecule is O=C(NCc1cn(-c2cccnc2)nn1)c1cccnc1. The molecule has 0 aromatic carbocycles. The predicted molar refractivity (Wildman–Crippen MR) is 74.6 cm³/mol. The quantitative estimate of drug-likeness (QED) is 0.770. The Bertz CT molecular complexity index is 725. The first kappa shape index (κ1) is 12.9. The standard InChI is InChI=1S/C14H12N6O/c21-14(11-3-1-5-15-7-11)17-8-12-10-20(19-18-12)13-4-2-6-16-9-13/h1-7,9-10H,8H2,(H,17,21). The van der Waals surface area contributed by atoms with Gasteiger partial charge in [0.1, 0.15) is 5.69 Å². The van der Waals surface area contributed by atoms with Gasteiger partial charge in [0, 0.05) is 18.6 Å². The van der Waals surface area contributed by atoms with E-state index in [-0.39, 0.29) is 5.91 Å². The van der Waals surface area contributed by atoms with Crippen molar-refractivity contribution >= 4 is 5.91 Å². The Morgan fingerprint density at radius 3 is 2.67 bits per heavy atom. The van der Waals surface area contributed by atoms with Crippen LogP contribution in [0.2, 0.25) is 0 Å². The fourth-order valence-corrected chi connectivity index (χ4v) is 1.76. The van der Waals surface area contributed by atoms with Crippen LogP contribution in [0.5, 0.6) is 0 Å². The van der Waals surface area contributed by atoms with Crippen LogP contribution in [-0.4, -0.2) is 30.9 Å². The Morgan fingerprint density at radius 1 is 1.14 bits per heavy atom. The lowest BCUT2D eigenvalue weighted by molar-refractivity contribution is 0.0950. The number of nitrogens with one attached hydrogen (secondary N) is 1. The van der Waals surface area contributed by atoms with E-state index >= 15 is 0 Å². The maximum Gasteiger partial charge on any atom is 0.253 e. The largest absolute Gasteiger partial charge is 0.346 e. The summed E-state index contributed by atoms with van der Waals surface area (Å²) in [5, 5.41) is 10.8. The Hall–Kier alpha value is -3.09. The summed E-state index contributed by atoms with van der Waals surface area (Å²) in [6, 6.07) is 7.11. The lowest BCUT2D eigenvalue weighted by Crippen LogP contribution is -2.23. The third kappa shape index (κ3) is 3.08. The van der Waals surface area contributed by atoms with E-state index in [0.29, 0.717) is 17.8 Å². The van der Waals surface area contributed by atoms with E-state index in [2.05, 4.69) is 25.6 Å². The topological polar surface area (TPSA) is 85.6 Å². The van der Waals surface area contributed by atoms with Crippen molar-refractivity contribution < 1.29 is 4.79 Å². The van der Waals surface area contributed by atoms with Gasteiger partial charge in [-0.2, -0.15) is 0 Å². The molecule has 21 heavy (non-hydrogen) atoms. The molecular formula is C14H12N6O. The van der Waals surface area contributed by atoms with E-state index in [1.165, 1.54) is 6.20 Å². The number of hydrogen-bond donors (Lipinski definition) is 1. The molecule has 0 fully saturated rings. The molecule has 3 aromatic rings. The Kier molecular flexibility index (Phi) is 3.64. The summed E-state index contributed by atoms with van der Waals surface area (Å²) in [5.74, 6) is -0.195. The van der Waals surface area contributed by atoms with Gasteiger partial charge in [-0.25, -0.2) is 4.68 Å². The van der Waals surface area contributed by atoms with Crippen molar-refractivity contribution in [1.29, 1.82) is 0 Å². The van der Waals surface area contributed by atoms with Gasteiger partial charge in [-0.05, 0) is 24.3 Å². The first-order chi connectivity index (χ1) is 10.3. The summed E-state index contributed by atoms with van der Waals surface area (Å²) in [5.41, 5.74) is 1.99. The molecule has 0 saturated carbocycles. The molecule has 0 aliphatic rings. The highest BCUT2D eigenvalue weighted by atomic mass is 16.1. The van der Waals surface area contributed by atoms with Gasteiger partial charge in [0.05, 0.1) is 30.2 Å². The lowest BCUT2D eigenvalue weighted by Gasteiger charge is -2.01. The zero-order valence-corrected chi connectivity index (χ0v) is 11.0. The van der Waals surface area contributed by atoms with Crippen LogP contribution in [0.4, 0.5) is 0 Å². The Balaban J connectivity index is 1.64. The van der Waals surface area contributed by atoms with Crippen molar-refractivity contribution in [3.05, 3.63) is 66.5 Å². The zero-order chi connectivity index (χ0) is 14.5. The van der Waals surface area contributed by atoms with Gasteiger partial charge in [0.25, 0.3) is 5.91 Å². The van der Waals surface area contributed by atoms with E-state index in [1.54, 1.807) is 41.6 Å². The molecule has 0 unspecified atom stereocenters. The maximum absolute atomic E-state index is 11.9. The van der Waals surface area contributed by atoms with Gasteiger partial charge in [-0.1, -0.05) is 5.21 Å². The molecule has 3 aromatic heterocycles. The van der Waals surface area contributed by atoms with Crippen LogP contribution in [0.3, 0.4) is 0 Å². The molecule has 3 rings (SSSR count). The van der Waals surface area contributed by atoms with Crippen LogP contribution < -0.4 is 5.32 Å².